The molecule has 8 heteroatoms. The van der Waals surface area contributed by atoms with Crippen molar-refractivity contribution in [1.82, 2.24) is 14.4 Å². The first-order valence-corrected chi connectivity index (χ1v) is 11.9. The van der Waals surface area contributed by atoms with Crippen molar-refractivity contribution < 1.29 is 17.7 Å². The summed E-state index contributed by atoms with van der Waals surface area (Å²) in [5.41, 5.74) is 1.26. The summed E-state index contributed by atoms with van der Waals surface area (Å²) in [6.07, 6.45) is 6.89. The molecule has 2 aliphatic rings. The second-order valence-corrected chi connectivity index (χ2v) is 9.81. The highest BCUT2D eigenvalue weighted by atomic mass is 32.2. The van der Waals surface area contributed by atoms with Crippen LogP contribution in [0.15, 0.2) is 39.8 Å². The Bertz CT molecular complexity index is 1020. The molecule has 2 aliphatic heterocycles. The lowest BCUT2D eigenvalue weighted by molar-refractivity contribution is -0.135. The van der Waals surface area contributed by atoms with Crippen molar-refractivity contribution in [3.63, 3.8) is 0 Å². The number of carbonyl (C=O) groups excluding carboxylic acids is 1. The van der Waals surface area contributed by atoms with Crippen LogP contribution in [0, 0.1) is 12.8 Å². The van der Waals surface area contributed by atoms with Crippen LogP contribution in [0.2, 0.25) is 0 Å². The highest BCUT2D eigenvalue weighted by molar-refractivity contribution is 7.89. The molecule has 2 saturated heterocycles. The van der Waals surface area contributed by atoms with Gasteiger partial charge in [-0.1, -0.05) is 41.6 Å². The molecule has 0 spiro atoms. The molecule has 2 aromatic rings. The molecule has 0 N–H and O–H groups in total. The summed E-state index contributed by atoms with van der Waals surface area (Å²) >= 11 is 0. The predicted octanol–water partition coefficient (Wildman–Crippen LogP) is 3.18. The first kappa shape index (κ1) is 20.8. The molecule has 4 rings (SSSR count). The summed E-state index contributed by atoms with van der Waals surface area (Å²) in [7, 11) is -3.82. The van der Waals surface area contributed by atoms with E-state index in [4.69, 9.17) is 4.52 Å². The molecule has 0 aliphatic carbocycles. The number of carbonyl (C=O) groups is 1. The van der Waals surface area contributed by atoms with Crippen LogP contribution >= 0.6 is 0 Å². The molecule has 1 atom stereocenters. The molecule has 0 saturated carbocycles. The van der Waals surface area contributed by atoms with Crippen LogP contribution in [-0.4, -0.2) is 54.9 Å². The van der Waals surface area contributed by atoms with Gasteiger partial charge < -0.3 is 9.42 Å². The van der Waals surface area contributed by atoms with Crippen molar-refractivity contribution in [1.29, 1.82) is 0 Å². The van der Waals surface area contributed by atoms with Gasteiger partial charge in [-0.05, 0) is 44.2 Å². The number of nitrogens with zero attached hydrogens (tertiary/aromatic N) is 3. The Morgan fingerprint density at radius 2 is 1.83 bits per heavy atom. The molecule has 7 nitrogen and oxygen atoms in total. The number of amides is 1. The average molecular weight is 430 g/mol. The number of hydrogen-bond donors (Lipinski definition) is 0. The fourth-order valence-corrected chi connectivity index (χ4v) is 6.00. The Labute approximate surface area is 177 Å². The minimum Gasteiger partial charge on any atom is -0.355 e. The molecule has 0 unspecified atom stereocenters. The largest absolute Gasteiger partial charge is 0.355 e. The number of aromatic nitrogens is 1. The topological polar surface area (TPSA) is 83.7 Å². The van der Waals surface area contributed by atoms with Crippen molar-refractivity contribution in [2.24, 2.45) is 5.92 Å². The van der Waals surface area contributed by atoms with Gasteiger partial charge in [-0.2, -0.15) is 4.31 Å². The third kappa shape index (κ3) is 4.20. The fraction of sp³-hybridized carbons (Fsp3) is 0.455. The second-order valence-electron chi connectivity index (χ2n) is 7.94. The molecular weight excluding hydrogens is 402 g/mol. The SMILES string of the molecule is Cc1noc(/C=C/c2ccccc2)c1S(=O)(=O)N1CCC[C@@H](C(=O)N2CCCC2)C1. The summed E-state index contributed by atoms with van der Waals surface area (Å²) in [6, 6.07) is 9.59. The van der Waals surface area contributed by atoms with Gasteiger partial charge in [0.15, 0.2) is 10.7 Å². The molecular formula is C22H27N3O4S. The number of rotatable bonds is 5. The van der Waals surface area contributed by atoms with Gasteiger partial charge in [0.25, 0.3) is 0 Å². The molecule has 3 heterocycles. The number of hydrogen-bond acceptors (Lipinski definition) is 5. The number of aryl methyl sites for hydroxylation is 1. The monoisotopic (exact) mass is 429 g/mol. The predicted molar refractivity (Wildman–Crippen MR) is 114 cm³/mol. The Morgan fingerprint density at radius 1 is 1.10 bits per heavy atom. The highest BCUT2D eigenvalue weighted by Gasteiger charge is 2.38. The third-order valence-corrected chi connectivity index (χ3v) is 7.83. The molecule has 0 radical (unpaired) electrons. The molecule has 30 heavy (non-hydrogen) atoms. The van der Waals surface area contributed by atoms with Crippen LogP contribution in [0.5, 0.6) is 0 Å². The van der Waals surface area contributed by atoms with E-state index in [1.54, 1.807) is 19.1 Å². The van der Waals surface area contributed by atoms with E-state index < -0.39 is 10.0 Å². The van der Waals surface area contributed by atoms with Crippen molar-refractivity contribution in [2.75, 3.05) is 26.2 Å². The number of sulfonamides is 1. The lowest BCUT2D eigenvalue weighted by atomic mass is 9.98. The van der Waals surface area contributed by atoms with Gasteiger partial charge in [0.05, 0.1) is 5.92 Å². The second kappa shape index (κ2) is 8.73. The van der Waals surface area contributed by atoms with E-state index in [-0.39, 0.29) is 29.0 Å². The zero-order valence-electron chi connectivity index (χ0n) is 17.2. The Hall–Kier alpha value is -2.45. The summed E-state index contributed by atoms with van der Waals surface area (Å²) in [5.74, 6) is 0.0121. The Kier molecular flexibility index (Phi) is 6.06. The van der Waals surface area contributed by atoms with Crippen molar-refractivity contribution in [2.45, 2.75) is 37.5 Å². The summed E-state index contributed by atoms with van der Waals surface area (Å²) in [4.78, 5) is 14.8. The van der Waals surface area contributed by atoms with E-state index in [2.05, 4.69) is 5.16 Å². The van der Waals surface area contributed by atoms with Crippen molar-refractivity contribution in [3.8, 4) is 0 Å². The number of benzene rings is 1. The first-order chi connectivity index (χ1) is 14.5. The van der Waals surface area contributed by atoms with Crippen LogP contribution in [0.25, 0.3) is 12.2 Å². The van der Waals surface area contributed by atoms with E-state index in [1.807, 2.05) is 35.2 Å². The lowest BCUT2D eigenvalue weighted by Gasteiger charge is -2.33. The lowest BCUT2D eigenvalue weighted by Crippen LogP contribution is -2.46. The van der Waals surface area contributed by atoms with Gasteiger partial charge in [-0.3, -0.25) is 4.79 Å². The maximum Gasteiger partial charge on any atom is 0.248 e. The average Bonchev–Trinajstić information content (AvgIpc) is 3.43. The van der Waals surface area contributed by atoms with Gasteiger partial charge in [0, 0.05) is 26.2 Å². The summed E-state index contributed by atoms with van der Waals surface area (Å²) < 4.78 is 33.7. The van der Waals surface area contributed by atoms with E-state index in [0.29, 0.717) is 18.7 Å². The van der Waals surface area contributed by atoms with Crippen LogP contribution in [0.1, 0.15) is 42.7 Å². The minimum absolute atomic E-state index is 0.0821. The normalized spacial score (nSPS) is 20.8. The van der Waals surface area contributed by atoms with Crippen LogP contribution in [0.3, 0.4) is 0 Å². The standard InChI is InChI=1S/C22H27N3O4S/c1-17-21(20(29-23-17)12-11-18-8-3-2-4-9-18)30(27,28)25-15-7-10-19(16-25)22(26)24-13-5-6-14-24/h2-4,8-9,11-12,19H,5-7,10,13-16H2,1H3/b12-11+/t19-/m1/s1. The van der Waals surface area contributed by atoms with Gasteiger partial charge in [0.1, 0.15) is 5.69 Å². The van der Waals surface area contributed by atoms with E-state index in [1.165, 1.54) is 4.31 Å². The van der Waals surface area contributed by atoms with E-state index >= 15 is 0 Å². The molecule has 0 bridgehead atoms. The molecule has 1 amide bonds. The smallest absolute Gasteiger partial charge is 0.248 e. The van der Waals surface area contributed by atoms with Gasteiger partial charge in [0.2, 0.25) is 15.9 Å². The maximum absolute atomic E-state index is 13.5. The number of likely N-dealkylation sites (tertiary alicyclic amines) is 1. The molecule has 1 aromatic carbocycles. The van der Waals surface area contributed by atoms with Crippen molar-refractivity contribution >= 4 is 28.1 Å². The van der Waals surface area contributed by atoms with Gasteiger partial charge >= 0.3 is 0 Å². The molecule has 160 valence electrons. The van der Waals surface area contributed by atoms with Gasteiger partial charge in [-0.25, -0.2) is 8.42 Å². The van der Waals surface area contributed by atoms with Crippen LogP contribution < -0.4 is 0 Å². The summed E-state index contributed by atoms with van der Waals surface area (Å²) in [6.45, 7) is 3.80. The van der Waals surface area contributed by atoms with Crippen LogP contribution in [0.4, 0.5) is 0 Å². The first-order valence-electron chi connectivity index (χ1n) is 10.4. The zero-order chi connectivity index (χ0) is 21.1. The minimum atomic E-state index is -3.82. The maximum atomic E-state index is 13.5. The number of piperidine rings is 1. The van der Waals surface area contributed by atoms with Gasteiger partial charge in [-0.15, -0.1) is 0 Å². The Balaban J connectivity index is 1.56. The van der Waals surface area contributed by atoms with E-state index in [9.17, 15) is 13.2 Å². The van der Waals surface area contributed by atoms with Crippen molar-refractivity contribution in [3.05, 3.63) is 47.3 Å². The highest BCUT2D eigenvalue weighted by Crippen LogP contribution is 2.30. The van der Waals surface area contributed by atoms with E-state index in [0.717, 1.165) is 37.9 Å². The Morgan fingerprint density at radius 3 is 2.57 bits per heavy atom. The summed E-state index contributed by atoms with van der Waals surface area (Å²) in [5, 5.41) is 3.90. The fourth-order valence-electron chi connectivity index (χ4n) is 4.22. The quantitative estimate of drug-likeness (QED) is 0.729. The zero-order valence-corrected chi connectivity index (χ0v) is 18.0. The molecule has 1 aromatic heterocycles. The molecule has 2 fully saturated rings. The third-order valence-electron chi connectivity index (χ3n) is 5.81. The van der Waals surface area contributed by atoms with Crippen LogP contribution in [-0.2, 0) is 14.8 Å².